The molecule has 4 nitrogen and oxygen atoms in total. The zero-order valence-electron chi connectivity index (χ0n) is 15.8. The number of piperidine rings is 1. The maximum atomic E-state index is 13.9. The molecule has 0 aliphatic carbocycles. The summed E-state index contributed by atoms with van der Waals surface area (Å²) < 4.78 is 13.9. The summed E-state index contributed by atoms with van der Waals surface area (Å²) in [6, 6.07) is 12.2. The second kappa shape index (κ2) is 8.33. The van der Waals surface area contributed by atoms with Gasteiger partial charge >= 0.3 is 0 Å². The van der Waals surface area contributed by atoms with Gasteiger partial charge in [-0.05, 0) is 49.9 Å². The summed E-state index contributed by atoms with van der Waals surface area (Å²) in [5.74, 6) is -1.19. The molecule has 1 fully saturated rings. The molecule has 1 heterocycles. The molecule has 1 aliphatic rings. The van der Waals surface area contributed by atoms with E-state index in [4.69, 9.17) is 0 Å². The van der Waals surface area contributed by atoms with Crippen LogP contribution in [-0.4, -0.2) is 29.8 Å². The van der Waals surface area contributed by atoms with Crippen LogP contribution in [-0.2, 0) is 11.3 Å². The predicted octanol–water partition coefficient (Wildman–Crippen LogP) is 3.61. The molecule has 2 aromatic rings. The van der Waals surface area contributed by atoms with Crippen LogP contribution in [0.3, 0.4) is 0 Å². The fourth-order valence-corrected chi connectivity index (χ4v) is 3.50. The molecular weight excluding hydrogens is 343 g/mol. The monoisotopic (exact) mass is 368 g/mol. The van der Waals surface area contributed by atoms with Crippen LogP contribution >= 0.6 is 0 Å². The van der Waals surface area contributed by atoms with Crippen LogP contribution < -0.4 is 5.32 Å². The SMILES string of the molecule is Cc1ccc(C)c(CNC(=O)[C@@H]2CCCN(C(=O)c3ccccc3F)C2)c1. The summed E-state index contributed by atoms with van der Waals surface area (Å²) in [4.78, 5) is 26.8. The molecular formula is C22H25FN2O2. The predicted molar refractivity (Wildman–Crippen MR) is 103 cm³/mol. The number of halogens is 1. The van der Waals surface area contributed by atoms with Gasteiger partial charge in [0.1, 0.15) is 5.82 Å². The number of likely N-dealkylation sites (tertiary alicyclic amines) is 1. The molecule has 2 aromatic carbocycles. The van der Waals surface area contributed by atoms with Crippen molar-refractivity contribution >= 4 is 11.8 Å². The molecule has 3 rings (SSSR count). The van der Waals surface area contributed by atoms with Crippen molar-refractivity contribution in [2.45, 2.75) is 33.2 Å². The normalized spacial score (nSPS) is 16.9. The molecule has 0 bridgehead atoms. The molecule has 0 radical (unpaired) electrons. The number of hydrogen-bond donors (Lipinski definition) is 1. The first-order chi connectivity index (χ1) is 13.0. The van der Waals surface area contributed by atoms with Gasteiger partial charge in [0.05, 0.1) is 11.5 Å². The summed E-state index contributed by atoms with van der Waals surface area (Å²) in [5.41, 5.74) is 3.46. The number of nitrogens with one attached hydrogen (secondary N) is 1. The Balaban J connectivity index is 1.62. The van der Waals surface area contributed by atoms with Crippen LogP contribution in [0.1, 0.15) is 39.9 Å². The van der Waals surface area contributed by atoms with E-state index in [1.165, 1.54) is 12.1 Å². The average molecular weight is 368 g/mol. The fourth-order valence-electron chi connectivity index (χ4n) is 3.50. The van der Waals surface area contributed by atoms with Crippen molar-refractivity contribution in [1.29, 1.82) is 0 Å². The third-order valence-corrected chi connectivity index (χ3v) is 5.14. The number of carbonyl (C=O) groups is 2. The molecule has 142 valence electrons. The number of aryl methyl sites for hydroxylation is 2. The van der Waals surface area contributed by atoms with Gasteiger partial charge < -0.3 is 10.2 Å². The van der Waals surface area contributed by atoms with Crippen LogP contribution in [0, 0.1) is 25.6 Å². The minimum atomic E-state index is -0.524. The van der Waals surface area contributed by atoms with E-state index in [1.54, 1.807) is 17.0 Å². The molecule has 2 amide bonds. The molecule has 0 unspecified atom stereocenters. The number of rotatable bonds is 4. The lowest BCUT2D eigenvalue weighted by molar-refractivity contribution is -0.126. The Morgan fingerprint density at radius 2 is 1.96 bits per heavy atom. The van der Waals surface area contributed by atoms with E-state index < -0.39 is 5.82 Å². The highest BCUT2D eigenvalue weighted by atomic mass is 19.1. The standard InChI is InChI=1S/C22H25FN2O2/c1-15-9-10-16(2)18(12-15)13-24-21(26)17-6-5-11-25(14-17)22(27)19-7-3-4-8-20(19)23/h3-4,7-10,12,17H,5-6,11,13-14H2,1-2H3,(H,24,26)/t17-/m1/s1. The van der Waals surface area contributed by atoms with Crippen LogP contribution in [0.5, 0.6) is 0 Å². The van der Waals surface area contributed by atoms with Gasteiger partial charge in [-0.25, -0.2) is 4.39 Å². The van der Waals surface area contributed by atoms with Crippen molar-refractivity contribution in [2.24, 2.45) is 5.92 Å². The second-order valence-corrected chi connectivity index (χ2v) is 7.22. The van der Waals surface area contributed by atoms with Crippen molar-refractivity contribution in [2.75, 3.05) is 13.1 Å². The molecule has 5 heteroatoms. The van der Waals surface area contributed by atoms with E-state index >= 15 is 0 Å². The van der Waals surface area contributed by atoms with Crippen molar-refractivity contribution in [1.82, 2.24) is 10.2 Å². The lowest BCUT2D eigenvalue weighted by atomic mass is 9.96. The Kier molecular flexibility index (Phi) is 5.89. The molecule has 0 aromatic heterocycles. The van der Waals surface area contributed by atoms with Crippen LogP contribution in [0.4, 0.5) is 4.39 Å². The quantitative estimate of drug-likeness (QED) is 0.896. The minimum absolute atomic E-state index is 0.0538. The Morgan fingerprint density at radius 1 is 1.19 bits per heavy atom. The Bertz CT molecular complexity index is 850. The first-order valence-corrected chi connectivity index (χ1v) is 9.33. The minimum Gasteiger partial charge on any atom is -0.352 e. The van der Waals surface area contributed by atoms with E-state index in [0.29, 0.717) is 19.6 Å². The first-order valence-electron chi connectivity index (χ1n) is 9.33. The lowest BCUT2D eigenvalue weighted by Crippen LogP contribution is -2.45. The van der Waals surface area contributed by atoms with Crippen LogP contribution in [0.25, 0.3) is 0 Å². The highest BCUT2D eigenvalue weighted by Crippen LogP contribution is 2.20. The molecule has 0 saturated carbocycles. The molecule has 27 heavy (non-hydrogen) atoms. The number of nitrogens with zero attached hydrogens (tertiary/aromatic N) is 1. The number of hydrogen-bond acceptors (Lipinski definition) is 2. The van der Waals surface area contributed by atoms with E-state index in [9.17, 15) is 14.0 Å². The maximum absolute atomic E-state index is 13.9. The summed E-state index contributed by atoms with van der Waals surface area (Å²) >= 11 is 0. The van der Waals surface area contributed by atoms with Gasteiger partial charge in [-0.15, -0.1) is 0 Å². The van der Waals surface area contributed by atoms with Gasteiger partial charge in [-0.1, -0.05) is 35.9 Å². The summed E-state index contributed by atoms with van der Waals surface area (Å²) in [6.45, 7) is 5.40. The van der Waals surface area contributed by atoms with E-state index in [1.807, 2.05) is 26.0 Å². The van der Waals surface area contributed by atoms with Crippen molar-refractivity contribution in [3.8, 4) is 0 Å². The molecule has 0 spiro atoms. The Labute approximate surface area is 159 Å². The second-order valence-electron chi connectivity index (χ2n) is 7.22. The number of benzene rings is 2. The molecule has 1 N–H and O–H groups in total. The Morgan fingerprint density at radius 3 is 2.74 bits per heavy atom. The average Bonchev–Trinajstić information content (AvgIpc) is 2.68. The van der Waals surface area contributed by atoms with Crippen LogP contribution in [0.15, 0.2) is 42.5 Å². The summed E-state index contributed by atoms with van der Waals surface area (Å²) in [7, 11) is 0. The zero-order chi connectivity index (χ0) is 19.4. The molecule has 1 aliphatic heterocycles. The van der Waals surface area contributed by atoms with E-state index in [2.05, 4.69) is 11.4 Å². The fraction of sp³-hybridized carbons (Fsp3) is 0.364. The maximum Gasteiger partial charge on any atom is 0.256 e. The largest absolute Gasteiger partial charge is 0.352 e. The summed E-state index contributed by atoms with van der Waals surface area (Å²) in [6.07, 6.45) is 1.47. The van der Waals surface area contributed by atoms with Gasteiger partial charge in [0.2, 0.25) is 5.91 Å². The topological polar surface area (TPSA) is 49.4 Å². The van der Waals surface area contributed by atoms with E-state index in [0.717, 1.165) is 29.5 Å². The van der Waals surface area contributed by atoms with Gasteiger partial charge in [-0.2, -0.15) is 0 Å². The molecule has 1 atom stereocenters. The van der Waals surface area contributed by atoms with E-state index in [-0.39, 0.29) is 23.3 Å². The third-order valence-electron chi connectivity index (χ3n) is 5.14. The van der Waals surface area contributed by atoms with Crippen molar-refractivity contribution in [3.05, 3.63) is 70.5 Å². The summed E-state index contributed by atoms with van der Waals surface area (Å²) in [5, 5.41) is 3.00. The Hall–Kier alpha value is -2.69. The van der Waals surface area contributed by atoms with Gasteiger partial charge in [-0.3, -0.25) is 9.59 Å². The van der Waals surface area contributed by atoms with Crippen molar-refractivity contribution < 1.29 is 14.0 Å². The van der Waals surface area contributed by atoms with Crippen molar-refractivity contribution in [3.63, 3.8) is 0 Å². The number of carbonyl (C=O) groups excluding carboxylic acids is 2. The van der Waals surface area contributed by atoms with Gasteiger partial charge in [0.15, 0.2) is 0 Å². The van der Waals surface area contributed by atoms with Crippen LogP contribution in [0.2, 0.25) is 0 Å². The molecule has 1 saturated heterocycles. The third kappa shape index (κ3) is 4.54. The number of amides is 2. The highest BCUT2D eigenvalue weighted by Gasteiger charge is 2.29. The van der Waals surface area contributed by atoms with Gasteiger partial charge in [0.25, 0.3) is 5.91 Å². The van der Waals surface area contributed by atoms with Gasteiger partial charge in [0, 0.05) is 19.6 Å². The lowest BCUT2D eigenvalue weighted by Gasteiger charge is -2.32. The zero-order valence-corrected chi connectivity index (χ0v) is 15.8. The highest BCUT2D eigenvalue weighted by molar-refractivity contribution is 5.95. The first kappa shape index (κ1) is 19.1. The smallest absolute Gasteiger partial charge is 0.256 e.